The van der Waals surface area contributed by atoms with Crippen LogP contribution in [0.3, 0.4) is 0 Å². The van der Waals surface area contributed by atoms with E-state index in [1.807, 2.05) is 13.8 Å². The fourth-order valence-electron chi connectivity index (χ4n) is 1.30. The molecule has 0 amide bonds. The van der Waals surface area contributed by atoms with Crippen molar-refractivity contribution in [3.8, 4) is 11.5 Å². The van der Waals surface area contributed by atoms with Gasteiger partial charge in [0.15, 0.2) is 5.82 Å². The Morgan fingerprint density at radius 1 is 1.38 bits per heavy atom. The van der Waals surface area contributed by atoms with E-state index in [0.717, 1.165) is 0 Å². The van der Waals surface area contributed by atoms with Gasteiger partial charge in [-0.05, 0) is 12.1 Å². The lowest BCUT2D eigenvalue weighted by Gasteiger charge is -2.01. The number of rotatable bonds is 2. The molecule has 1 heterocycles. The van der Waals surface area contributed by atoms with Crippen molar-refractivity contribution in [1.82, 2.24) is 10.1 Å². The first-order valence-corrected chi connectivity index (χ1v) is 5.35. The molecule has 0 fully saturated rings. The number of nitrogens with two attached hydrogens (primary N) is 1. The fraction of sp³-hybridized carbons (Fsp3) is 0.273. The first kappa shape index (κ1) is 11.0. The Kier molecular flexibility index (Phi) is 2.83. The third-order valence-corrected chi connectivity index (χ3v) is 2.57. The molecule has 84 valence electrons. The Bertz CT molecular complexity index is 508. The number of anilines is 1. The summed E-state index contributed by atoms with van der Waals surface area (Å²) in [5.74, 6) is 1.29. The Labute approximate surface area is 98.4 Å². The molecule has 0 bridgehead atoms. The van der Waals surface area contributed by atoms with Crippen LogP contribution in [0.1, 0.15) is 25.6 Å². The fourth-order valence-corrected chi connectivity index (χ4v) is 1.48. The minimum Gasteiger partial charge on any atom is -0.397 e. The van der Waals surface area contributed by atoms with Crippen LogP contribution in [-0.4, -0.2) is 10.1 Å². The van der Waals surface area contributed by atoms with Crippen LogP contribution in [0.4, 0.5) is 5.69 Å². The monoisotopic (exact) mass is 237 g/mol. The molecular weight excluding hydrogens is 226 g/mol. The summed E-state index contributed by atoms with van der Waals surface area (Å²) in [5.41, 5.74) is 6.97. The molecule has 0 aliphatic carbocycles. The van der Waals surface area contributed by atoms with Gasteiger partial charge in [0, 0.05) is 5.92 Å². The predicted octanol–water partition coefficient (Wildman–Crippen LogP) is 3.10. The van der Waals surface area contributed by atoms with Gasteiger partial charge in [-0.15, -0.1) is 0 Å². The van der Waals surface area contributed by atoms with E-state index in [2.05, 4.69) is 10.1 Å². The minimum atomic E-state index is 0.220. The summed E-state index contributed by atoms with van der Waals surface area (Å²) < 4.78 is 5.15. The van der Waals surface area contributed by atoms with Gasteiger partial charge in [0.25, 0.3) is 5.89 Å². The van der Waals surface area contributed by atoms with Crippen LogP contribution in [-0.2, 0) is 0 Å². The molecule has 0 unspecified atom stereocenters. The number of aromatic nitrogens is 2. The van der Waals surface area contributed by atoms with Gasteiger partial charge in [0.2, 0.25) is 0 Å². The topological polar surface area (TPSA) is 64.9 Å². The Balaban J connectivity index is 2.47. The molecule has 0 aliphatic rings. The molecule has 0 saturated heterocycles. The normalized spacial score (nSPS) is 11.0. The Morgan fingerprint density at radius 2 is 2.12 bits per heavy atom. The first-order chi connectivity index (χ1) is 7.59. The van der Waals surface area contributed by atoms with E-state index >= 15 is 0 Å². The lowest BCUT2D eigenvalue weighted by molar-refractivity contribution is 0.419. The molecule has 4 nitrogen and oxygen atoms in total. The number of benzene rings is 1. The maximum atomic E-state index is 5.92. The van der Waals surface area contributed by atoms with Gasteiger partial charge < -0.3 is 10.3 Å². The van der Waals surface area contributed by atoms with E-state index in [1.165, 1.54) is 0 Å². The molecule has 0 radical (unpaired) electrons. The average molecular weight is 238 g/mol. The van der Waals surface area contributed by atoms with Gasteiger partial charge in [-0.25, -0.2) is 0 Å². The molecule has 0 saturated carbocycles. The van der Waals surface area contributed by atoms with E-state index < -0.39 is 0 Å². The Morgan fingerprint density at radius 3 is 2.75 bits per heavy atom. The van der Waals surface area contributed by atoms with Crippen LogP contribution in [0.2, 0.25) is 5.02 Å². The van der Waals surface area contributed by atoms with Crippen LogP contribution < -0.4 is 5.73 Å². The highest BCUT2D eigenvalue weighted by atomic mass is 35.5. The van der Waals surface area contributed by atoms with Crippen LogP contribution >= 0.6 is 11.6 Å². The molecule has 2 N–H and O–H groups in total. The summed E-state index contributed by atoms with van der Waals surface area (Å²) in [6, 6.07) is 5.33. The van der Waals surface area contributed by atoms with Crippen LogP contribution in [0, 0.1) is 0 Å². The van der Waals surface area contributed by atoms with Gasteiger partial charge in [-0.1, -0.05) is 36.7 Å². The predicted molar refractivity (Wildman–Crippen MR) is 63.2 cm³/mol. The van der Waals surface area contributed by atoms with Crippen LogP contribution in [0.15, 0.2) is 22.7 Å². The number of halogens is 1. The van der Waals surface area contributed by atoms with Crippen molar-refractivity contribution >= 4 is 17.3 Å². The van der Waals surface area contributed by atoms with Crippen molar-refractivity contribution in [1.29, 1.82) is 0 Å². The molecule has 2 aromatic rings. The third-order valence-electron chi connectivity index (χ3n) is 2.24. The van der Waals surface area contributed by atoms with Gasteiger partial charge in [0.05, 0.1) is 16.3 Å². The molecule has 16 heavy (non-hydrogen) atoms. The van der Waals surface area contributed by atoms with Gasteiger partial charge >= 0.3 is 0 Å². The largest absolute Gasteiger partial charge is 0.397 e. The van der Waals surface area contributed by atoms with Gasteiger partial charge in [-0.3, -0.25) is 0 Å². The molecule has 1 aromatic heterocycles. The van der Waals surface area contributed by atoms with Crippen molar-refractivity contribution in [3.05, 3.63) is 29.0 Å². The number of hydrogen-bond donors (Lipinski definition) is 1. The zero-order valence-corrected chi connectivity index (χ0v) is 9.82. The summed E-state index contributed by atoms with van der Waals surface area (Å²) in [5, 5.41) is 4.37. The minimum absolute atomic E-state index is 0.220. The second kappa shape index (κ2) is 4.14. The molecule has 0 spiro atoms. The van der Waals surface area contributed by atoms with Gasteiger partial charge in [-0.2, -0.15) is 4.98 Å². The zero-order chi connectivity index (χ0) is 11.7. The summed E-state index contributed by atoms with van der Waals surface area (Å²) >= 11 is 5.92. The lowest BCUT2D eigenvalue weighted by atomic mass is 10.2. The number of nitrogens with zero attached hydrogens (tertiary/aromatic N) is 2. The smallest absolute Gasteiger partial charge is 0.260 e. The zero-order valence-electron chi connectivity index (χ0n) is 9.07. The summed E-state index contributed by atoms with van der Waals surface area (Å²) in [4.78, 5) is 4.27. The van der Waals surface area contributed by atoms with Crippen LogP contribution in [0.5, 0.6) is 0 Å². The van der Waals surface area contributed by atoms with Crippen molar-refractivity contribution in [2.75, 3.05) is 5.73 Å². The number of nitrogen functional groups attached to an aromatic ring is 1. The van der Waals surface area contributed by atoms with Gasteiger partial charge in [0.1, 0.15) is 0 Å². The molecule has 5 heteroatoms. The molecule has 0 atom stereocenters. The van der Waals surface area contributed by atoms with Crippen molar-refractivity contribution in [2.45, 2.75) is 19.8 Å². The van der Waals surface area contributed by atoms with E-state index in [4.69, 9.17) is 21.9 Å². The van der Waals surface area contributed by atoms with Crippen molar-refractivity contribution < 1.29 is 4.52 Å². The van der Waals surface area contributed by atoms with Crippen LogP contribution in [0.25, 0.3) is 11.5 Å². The summed E-state index contributed by atoms with van der Waals surface area (Å²) in [6.07, 6.45) is 0. The summed E-state index contributed by atoms with van der Waals surface area (Å²) in [7, 11) is 0. The highest BCUT2D eigenvalue weighted by Crippen LogP contribution is 2.30. The summed E-state index contributed by atoms with van der Waals surface area (Å²) in [6.45, 7) is 3.99. The third kappa shape index (κ3) is 1.88. The highest BCUT2D eigenvalue weighted by Gasteiger charge is 2.14. The van der Waals surface area contributed by atoms with E-state index in [9.17, 15) is 0 Å². The number of hydrogen-bond acceptors (Lipinski definition) is 4. The SMILES string of the molecule is CC(C)c1noc(-c2cccc(Cl)c2N)n1. The average Bonchev–Trinajstić information content (AvgIpc) is 2.71. The lowest BCUT2D eigenvalue weighted by Crippen LogP contribution is -1.92. The molecular formula is C11H12ClN3O. The second-order valence-electron chi connectivity index (χ2n) is 3.81. The van der Waals surface area contributed by atoms with E-state index in [-0.39, 0.29) is 5.92 Å². The first-order valence-electron chi connectivity index (χ1n) is 4.97. The van der Waals surface area contributed by atoms with E-state index in [1.54, 1.807) is 18.2 Å². The maximum Gasteiger partial charge on any atom is 0.260 e. The quantitative estimate of drug-likeness (QED) is 0.816. The van der Waals surface area contributed by atoms with Crippen molar-refractivity contribution in [2.24, 2.45) is 0 Å². The molecule has 2 rings (SSSR count). The molecule has 0 aliphatic heterocycles. The second-order valence-corrected chi connectivity index (χ2v) is 4.22. The highest BCUT2D eigenvalue weighted by molar-refractivity contribution is 6.33. The molecule has 1 aromatic carbocycles. The van der Waals surface area contributed by atoms with E-state index in [0.29, 0.717) is 28.0 Å². The Hall–Kier alpha value is -1.55. The maximum absolute atomic E-state index is 5.92. The standard InChI is InChI=1S/C11H12ClN3O/c1-6(2)10-14-11(16-15-10)7-4-3-5-8(12)9(7)13/h3-6H,13H2,1-2H3. The number of para-hydroxylation sites is 1. The van der Waals surface area contributed by atoms with Crippen molar-refractivity contribution in [3.63, 3.8) is 0 Å².